The van der Waals surface area contributed by atoms with E-state index in [0.29, 0.717) is 28.6 Å². The first-order valence-corrected chi connectivity index (χ1v) is 17.6. The molecule has 0 N–H and O–H groups in total. The summed E-state index contributed by atoms with van der Waals surface area (Å²) >= 11 is 0. The molecule has 1 fully saturated rings. The molecule has 2 bridgehead atoms. The molecule has 0 heterocycles. The van der Waals surface area contributed by atoms with Crippen molar-refractivity contribution in [2.45, 2.75) is 132 Å². The Morgan fingerprint density at radius 2 is 1.57 bits per heavy atom. The summed E-state index contributed by atoms with van der Waals surface area (Å²) in [7, 11) is 0. The number of aryl methyl sites for hydroxylation is 1. The Bertz CT molecular complexity index is 1350. The van der Waals surface area contributed by atoms with Crippen molar-refractivity contribution in [2.75, 3.05) is 0 Å². The molecule has 44 heavy (non-hydrogen) atoms. The second-order valence-corrected chi connectivity index (χ2v) is 17.4. The molecular weight excluding hydrogens is 528 g/mol. The number of fused-ring (bicyclic) bond motifs is 2. The molecule has 2 aromatic rings. The predicted molar refractivity (Wildman–Crippen MR) is 194 cm³/mol. The minimum absolute atomic E-state index is 0.168. The summed E-state index contributed by atoms with van der Waals surface area (Å²) in [5.41, 5.74) is 10.9. The highest BCUT2D eigenvalue weighted by Crippen LogP contribution is 2.53. The van der Waals surface area contributed by atoms with E-state index in [2.05, 4.69) is 130 Å². The Labute approximate surface area is 272 Å². The van der Waals surface area contributed by atoms with Crippen molar-refractivity contribution >= 4 is 0 Å². The molecule has 240 valence electrons. The first-order chi connectivity index (χ1) is 20.5. The van der Waals surface area contributed by atoms with Crippen LogP contribution in [0.5, 0.6) is 0 Å². The van der Waals surface area contributed by atoms with E-state index < -0.39 is 0 Å². The number of hydrogen-bond acceptors (Lipinski definition) is 0. The summed E-state index contributed by atoms with van der Waals surface area (Å²) in [5.74, 6) is 1.50. The fourth-order valence-electron chi connectivity index (χ4n) is 8.36. The van der Waals surface area contributed by atoms with Crippen molar-refractivity contribution in [2.24, 2.45) is 34.0 Å². The van der Waals surface area contributed by atoms with Crippen molar-refractivity contribution in [1.82, 2.24) is 0 Å². The van der Waals surface area contributed by atoms with Gasteiger partial charge in [0.1, 0.15) is 0 Å². The monoisotopic (exact) mass is 593 g/mol. The zero-order chi connectivity index (χ0) is 32.5. The van der Waals surface area contributed by atoms with Crippen molar-refractivity contribution in [3.63, 3.8) is 0 Å². The van der Waals surface area contributed by atoms with Gasteiger partial charge in [0.25, 0.3) is 0 Å². The van der Waals surface area contributed by atoms with Crippen LogP contribution >= 0.6 is 0 Å². The minimum atomic E-state index is -0.168. The van der Waals surface area contributed by atoms with Crippen LogP contribution in [0, 0.1) is 40.9 Å². The number of rotatable bonds is 6. The molecule has 0 aliphatic heterocycles. The van der Waals surface area contributed by atoms with Crippen LogP contribution in [-0.4, -0.2) is 0 Å². The smallest absolute Gasteiger partial charge is 0.0262 e. The van der Waals surface area contributed by atoms with Crippen LogP contribution in [0.2, 0.25) is 0 Å². The second-order valence-electron chi connectivity index (χ2n) is 17.4. The molecule has 0 saturated heterocycles. The highest BCUT2D eigenvalue weighted by atomic mass is 14.5. The van der Waals surface area contributed by atoms with Crippen molar-refractivity contribution < 1.29 is 0 Å². The second kappa shape index (κ2) is 13.2. The highest BCUT2D eigenvalue weighted by Gasteiger charge is 2.43. The van der Waals surface area contributed by atoms with Gasteiger partial charge in [-0.2, -0.15) is 0 Å². The Kier molecular flexibility index (Phi) is 10.3. The molecule has 0 radical (unpaired) electrons. The maximum atomic E-state index is 4.88. The highest BCUT2D eigenvalue weighted by molar-refractivity contribution is 5.46. The van der Waals surface area contributed by atoms with E-state index in [1.54, 1.807) is 0 Å². The van der Waals surface area contributed by atoms with Crippen LogP contribution in [-0.2, 0) is 18.3 Å². The van der Waals surface area contributed by atoms with E-state index in [0.717, 1.165) is 25.7 Å². The predicted octanol–water partition coefficient (Wildman–Crippen LogP) is 12.8. The van der Waals surface area contributed by atoms with Gasteiger partial charge in [-0.05, 0) is 122 Å². The van der Waals surface area contributed by atoms with E-state index in [-0.39, 0.29) is 10.8 Å². The third-order valence-electron chi connectivity index (χ3n) is 12.5. The van der Waals surface area contributed by atoms with E-state index in [9.17, 15) is 0 Å². The maximum Gasteiger partial charge on any atom is 0.0262 e. The van der Waals surface area contributed by atoms with Crippen LogP contribution in [0.25, 0.3) is 0 Å². The van der Waals surface area contributed by atoms with Gasteiger partial charge >= 0.3 is 0 Å². The molecule has 4 rings (SSSR count). The van der Waals surface area contributed by atoms with Gasteiger partial charge < -0.3 is 0 Å². The Hall–Kier alpha value is -2.34. The number of hydrogen-bond donors (Lipinski definition) is 0. The zero-order valence-electron chi connectivity index (χ0n) is 30.2. The average Bonchev–Trinajstić information content (AvgIpc) is 3.24. The summed E-state index contributed by atoms with van der Waals surface area (Å²) in [4.78, 5) is 0. The van der Waals surface area contributed by atoms with Crippen molar-refractivity contribution in [3.8, 4) is 0 Å². The normalized spacial score (nSPS) is 29.8. The molecule has 1 saturated carbocycles. The third-order valence-corrected chi connectivity index (χ3v) is 12.5. The van der Waals surface area contributed by atoms with Crippen LogP contribution in [0.4, 0.5) is 0 Å². The van der Waals surface area contributed by atoms with Gasteiger partial charge in [-0.25, -0.2) is 0 Å². The standard InChI is InChI=1S/C44H64/c1-31(2)42(10,11)28-38-24-32(3)25-40(26-38)44(29-37-16-14-13-15-17-37)35(6)18-19-39-30-43(12,27-34(39)5)23-22-41(8,9)21-20-33(4)36(44)7/h13-18,24-26,31,36,39H,4-5,19-23,27-30H2,1-3,6-12H3/b35-18+. The summed E-state index contributed by atoms with van der Waals surface area (Å²) in [6.45, 7) is 33.9. The van der Waals surface area contributed by atoms with Crippen LogP contribution < -0.4 is 0 Å². The van der Waals surface area contributed by atoms with Gasteiger partial charge in [0.2, 0.25) is 0 Å². The lowest BCUT2D eigenvalue weighted by molar-refractivity contribution is 0.208. The zero-order valence-corrected chi connectivity index (χ0v) is 30.2. The van der Waals surface area contributed by atoms with Crippen molar-refractivity contribution in [1.29, 1.82) is 0 Å². The topological polar surface area (TPSA) is 0 Å². The molecular formula is C44H64. The molecule has 4 atom stereocenters. The molecule has 0 spiro atoms. The first kappa shape index (κ1) is 34.5. The largest absolute Gasteiger partial charge is 0.0995 e. The maximum absolute atomic E-state index is 4.88. The molecule has 0 aromatic heterocycles. The molecule has 0 heteroatoms. The molecule has 2 aliphatic carbocycles. The molecule has 2 aromatic carbocycles. The van der Waals surface area contributed by atoms with Crippen LogP contribution in [0.3, 0.4) is 0 Å². The lowest BCUT2D eigenvalue weighted by atomic mass is 9.59. The summed E-state index contributed by atoms with van der Waals surface area (Å²) in [6.07, 6.45) is 13.1. The van der Waals surface area contributed by atoms with Gasteiger partial charge in [-0.1, -0.05) is 145 Å². The first-order valence-electron chi connectivity index (χ1n) is 17.6. The minimum Gasteiger partial charge on any atom is -0.0995 e. The number of benzene rings is 2. The summed E-state index contributed by atoms with van der Waals surface area (Å²) in [5, 5.41) is 0. The third kappa shape index (κ3) is 7.71. The van der Waals surface area contributed by atoms with E-state index in [1.807, 2.05) is 0 Å². The van der Waals surface area contributed by atoms with Crippen LogP contribution in [0.15, 0.2) is 84.5 Å². The van der Waals surface area contributed by atoms with Gasteiger partial charge in [0.15, 0.2) is 0 Å². The quantitative estimate of drug-likeness (QED) is 0.293. The van der Waals surface area contributed by atoms with Crippen molar-refractivity contribution in [3.05, 3.63) is 107 Å². The molecule has 0 amide bonds. The summed E-state index contributed by atoms with van der Waals surface area (Å²) in [6, 6.07) is 18.8. The molecule has 2 aliphatic rings. The Balaban J connectivity index is 1.93. The lowest BCUT2D eigenvalue weighted by Crippen LogP contribution is -2.39. The Morgan fingerprint density at radius 3 is 2.23 bits per heavy atom. The van der Waals surface area contributed by atoms with E-state index in [1.165, 1.54) is 71.1 Å². The van der Waals surface area contributed by atoms with Gasteiger partial charge in [0.05, 0.1) is 0 Å². The Morgan fingerprint density at radius 1 is 0.886 bits per heavy atom. The summed E-state index contributed by atoms with van der Waals surface area (Å²) < 4.78 is 0. The van der Waals surface area contributed by atoms with E-state index >= 15 is 0 Å². The van der Waals surface area contributed by atoms with Gasteiger partial charge in [0, 0.05) is 5.41 Å². The fourth-order valence-corrected chi connectivity index (χ4v) is 8.36. The average molecular weight is 593 g/mol. The number of allylic oxidation sites excluding steroid dienone is 4. The van der Waals surface area contributed by atoms with Gasteiger partial charge in [-0.15, -0.1) is 0 Å². The SMILES string of the molecule is C=C1CC2(C)CCC(C)(C)CCC(=C)C(C)C(Cc3ccccc3)(c3cc(C)cc(CC(C)(C)C(C)C)c3)/C(C)=C/CC1C2. The van der Waals surface area contributed by atoms with Gasteiger partial charge in [-0.3, -0.25) is 0 Å². The van der Waals surface area contributed by atoms with E-state index in [4.69, 9.17) is 6.58 Å². The molecule has 4 unspecified atom stereocenters. The van der Waals surface area contributed by atoms with Crippen LogP contribution in [0.1, 0.15) is 130 Å². The fraction of sp³-hybridized carbons (Fsp3) is 0.591. The molecule has 0 nitrogen and oxygen atoms in total. The lowest BCUT2D eigenvalue weighted by Gasteiger charge is -2.44.